The Balaban J connectivity index is 1.96. The first-order valence-electron chi connectivity index (χ1n) is 5.80. The highest BCUT2D eigenvalue weighted by molar-refractivity contribution is 5.42. The van der Waals surface area contributed by atoms with E-state index in [1.165, 1.54) is 0 Å². The molecule has 0 spiro atoms. The Bertz CT molecular complexity index is 594. The van der Waals surface area contributed by atoms with Crippen molar-refractivity contribution in [1.29, 1.82) is 0 Å². The number of nitrogens with one attached hydrogen (secondary N) is 1. The van der Waals surface area contributed by atoms with Crippen molar-refractivity contribution in [1.82, 2.24) is 15.5 Å². The monoisotopic (exact) mass is 262 g/mol. The molecule has 2 aromatic rings. The van der Waals surface area contributed by atoms with Gasteiger partial charge < -0.3 is 9.84 Å². The molecule has 19 heavy (non-hydrogen) atoms. The van der Waals surface area contributed by atoms with E-state index in [2.05, 4.69) is 15.5 Å². The molecule has 0 saturated carbocycles. The third-order valence-electron chi connectivity index (χ3n) is 2.65. The van der Waals surface area contributed by atoms with Gasteiger partial charge in [-0.15, -0.1) is 0 Å². The van der Waals surface area contributed by atoms with Crippen LogP contribution in [0.15, 0.2) is 22.7 Å². The van der Waals surface area contributed by atoms with Crippen LogP contribution >= 0.6 is 0 Å². The van der Waals surface area contributed by atoms with E-state index in [0.717, 1.165) is 5.56 Å². The smallest absolute Gasteiger partial charge is 0.272 e. The molecule has 7 nitrogen and oxygen atoms in total. The molecule has 0 amide bonds. The van der Waals surface area contributed by atoms with Crippen LogP contribution in [-0.2, 0) is 13.1 Å². The Labute approximate surface area is 109 Å². The number of rotatable bonds is 5. The number of hydrogen-bond donors (Lipinski definition) is 1. The molecule has 0 unspecified atom stereocenters. The van der Waals surface area contributed by atoms with Crippen LogP contribution in [0.25, 0.3) is 0 Å². The van der Waals surface area contributed by atoms with E-state index in [1.807, 2.05) is 6.07 Å². The number of nitro benzene ring substituents is 1. The molecule has 0 aliphatic carbocycles. The molecule has 0 radical (unpaired) electrons. The second-order valence-electron chi connectivity index (χ2n) is 4.22. The zero-order valence-electron chi connectivity index (χ0n) is 10.7. The minimum atomic E-state index is -0.375. The van der Waals surface area contributed by atoms with Crippen LogP contribution in [-0.4, -0.2) is 15.1 Å². The van der Waals surface area contributed by atoms with Gasteiger partial charge in [-0.1, -0.05) is 17.3 Å². The summed E-state index contributed by atoms with van der Waals surface area (Å²) in [7, 11) is 0. The van der Waals surface area contributed by atoms with Gasteiger partial charge in [-0.2, -0.15) is 4.98 Å². The van der Waals surface area contributed by atoms with Crippen molar-refractivity contribution in [3.05, 3.63) is 51.2 Å². The Morgan fingerprint density at radius 3 is 2.79 bits per heavy atom. The predicted molar refractivity (Wildman–Crippen MR) is 67.4 cm³/mol. The highest BCUT2D eigenvalue weighted by Crippen LogP contribution is 2.19. The van der Waals surface area contributed by atoms with Crippen LogP contribution < -0.4 is 5.32 Å². The zero-order chi connectivity index (χ0) is 13.8. The van der Waals surface area contributed by atoms with Crippen LogP contribution in [0.2, 0.25) is 0 Å². The minimum Gasteiger partial charge on any atom is -0.338 e. The van der Waals surface area contributed by atoms with Gasteiger partial charge in [0.1, 0.15) is 0 Å². The number of hydrogen-bond acceptors (Lipinski definition) is 6. The summed E-state index contributed by atoms with van der Waals surface area (Å²) in [6.45, 7) is 4.40. The molecule has 2 rings (SSSR count). The topological polar surface area (TPSA) is 94.1 Å². The van der Waals surface area contributed by atoms with Gasteiger partial charge in [-0.3, -0.25) is 10.1 Å². The lowest BCUT2D eigenvalue weighted by Crippen LogP contribution is -2.13. The third-order valence-corrected chi connectivity index (χ3v) is 2.65. The quantitative estimate of drug-likeness (QED) is 0.653. The van der Waals surface area contributed by atoms with Crippen molar-refractivity contribution in [3.63, 3.8) is 0 Å². The number of aryl methyl sites for hydroxylation is 2. The third kappa shape index (κ3) is 3.35. The summed E-state index contributed by atoms with van der Waals surface area (Å²) < 4.78 is 4.95. The Hall–Kier alpha value is -2.28. The lowest BCUT2D eigenvalue weighted by atomic mass is 10.1. The van der Waals surface area contributed by atoms with E-state index in [9.17, 15) is 10.1 Å². The summed E-state index contributed by atoms with van der Waals surface area (Å²) in [5.41, 5.74) is 1.63. The van der Waals surface area contributed by atoms with E-state index in [1.54, 1.807) is 26.0 Å². The Morgan fingerprint density at radius 2 is 2.16 bits per heavy atom. The fraction of sp³-hybridized carbons (Fsp3) is 0.333. The second-order valence-corrected chi connectivity index (χ2v) is 4.22. The SMILES string of the molecule is Cc1noc(CNCc2ccc(C)c([N+](=O)[O-])c2)n1. The first kappa shape index (κ1) is 13.2. The van der Waals surface area contributed by atoms with Gasteiger partial charge in [0.2, 0.25) is 5.89 Å². The minimum absolute atomic E-state index is 0.132. The highest BCUT2D eigenvalue weighted by Gasteiger charge is 2.10. The molecular weight excluding hydrogens is 248 g/mol. The molecule has 0 saturated heterocycles. The predicted octanol–water partition coefficient (Wildman–Crippen LogP) is 1.88. The Morgan fingerprint density at radius 1 is 1.37 bits per heavy atom. The van der Waals surface area contributed by atoms with Gasteiger partial charge in [0.05, 0.1) is 11.5 Å². The van der Waals surface area contributed by atoms with Crippen LogP contribution in [0.5, 0.6) is 0 Å². The van der Waals surface area contributed by atoms with Gasteiger partial charge in [0.15, 0.2) is 5.82 Å². The molecule has 1 heterocycles. The Kier molecular flexibility index (Phi) is 3.86. The van der Waals surface area contributed by atoms with Crippen molar-refractivity contribution in [2.75, 3.05) is 0 Å². The van der Waals surface area contributed by atoms with Gasteiger partial charge in [-0.25, -0.2) is 0 Å². The summed E-state index contributed by atoms with van der Waals surface area (Å²) in [5.74, 6) is 1.09. The van der Waals surface area contributed by atoms with Gasteiger partial charge in [0, 0.05) is 18.2 Å². The van der Waals surface area contributed by atoms with Crippen LogP contribution in [0.3, 0.4) is 0 Å². The van der Waals surface area contributed by atoms with Gasteiger partial charge >= 0.3 is 0 Å². The van der Waals surface area contributed by atoms with Crippen LogP contribution in [0.4, 0.5) is 5.69 Å². The maximum absolute atomic E-state index is 10.8. The molecule has 0 bridgehead atoms. The van der Waals surface area contributed by atoms with Crippen LogP contribution in [0, 0.1) is 24.0 Å². The number of benzene rings is 1. The van der Waals surface area contributed by atoms with Crippen molar-refractivity contribution < 1.29 is 9.45 Å². The summed E-state index contributed by atoms with van der Waals surface area (Å²) in [6, 6.07) is 5.17. The fourth-order valence-electron chi connectivity index (χ4n) is 1.69. The molecule has 0 aliphatic heterocycles. The lowest BCUT2D eigenvalue weighted by Gasteiger charge is -2.03. The normalized spacial score (nSPS) is 10.6. The molecule has 100 valence electrons. The van der Waals surface area contributed by atoms with Gasteiger partial charge in [0.25, 0.3) is 5.69 Å². The fourth-order valence-corrected chi connectivity index (χ4v) is 1.69. The van der Waals surface area contributed by atoms with Crippen molar-refractivity contribution >= 4 is 5.69 Å². The molecule has 0 fully saturated rings. The number of aromatic nitrogens is 2. The molecule has 7 heteroatoms. The highest BCUT2D eigenvalue weighted by atomic mass is 16.6. The molecule has 1 N–H and O–H groups in total. The van der Waals surface area contributed by atoms with E-state index in [4.69, 9.17) is 4.52 Å². The van der Waals surface area contributed by atoms with E-state index < -0.39 is 0 Å². The first-order chi connectivity index (χ1) is 9.06. The summed E-state index contributed by atoms with van der Waals surface area (Å²) >= 11 is 0. The number of nitrogens with zero attached hydrogens (tertiary/aromatic N) is 3. The zero-order valence-corrected chi connectivity index (χ0v) is 10.7. The van der Waals surface area contributed by atoms with E-state index >= 15 is 0 Å². The molecular formula is C12H14N4O3. The average molecular weight is 262 g/mol. The number of nitro groups is 1. The maximum atomic E-state index is 10.8. The maximum Gasteiger partial charge on any atom is 0.272 e. The summed E-state index contributed by atoms with van der Waals surface area (Å²) in [6.07, 6.45) is 0. The van der Waals surface area contributed by atoms with Crippen molar-refractivity contribution in [3.8, 4) is 0 Å². The van der Waals surface area contributed by atoms with Crippen molar-refractivity contribution in [2.24, 2.45) is 0 Å². The standard InChI is InChI=1S/C12H14N4O3/c1-8-3-4-10(5-11(8)16(17)18)6-13-7-12-14-9(2)15-19-12/h3-5,13H,6-7H2,1-2H3. The van der Waals surface area contributed by atoms with Crippen molar-refractivity contribution in [2.45, 2.75) is 26.9 Å². The average Bonchev–Trinajstić information content (AvgIpc) is 2.77. The van der Waals surface area contributed by atoms with Crippen LogP contribution in [0.1, 0.15) is 22.8 Å². The van der Waals surface area contributed by atoms with E-state index in [-0.39, 0.29) is 10.6 Å². The molecule has 1 aromatic heterocycles. The summed E-state index contributed by atoms with van der Waals surface area (Å²) in [4.78, 5) is 14.5. The molecule has 1 aromatic carbocycles. The van der Waals surface area contributed by atoms with E-state index in [0.29, 0.717) is 30.4 Å². The second kappa shape index (κ2) is 5.57. The summed E-state index contributed by atoms with van der Waals surface area (Å²) in [5, 5.41) is 17.6. The molecule has 0 atom stereocenters. The lowest BCUT2D eigenvalue weighted by molar-refractivity contribution is -0.385. The largest absolute Gasteiger partial charge is 0.338 e. The molecule has 0 aliphatic rings. The first-order valence-corrected chi connectivity index (χ1v) is 5.80. The van der Waals surface area contributed by atoms with Gasteiger partial charge in [-0.05, 0) is 19.4 Å².